The fourth-order valence-corrected chi connectivity index (χ4v) is 1.89. The van der Waals surface area contributed by atoms with Gasteiger partial charge in [0.1, 0.15) is 0 Å². The number of aromatic nitrogens is 2. The summed E-state index contributed by atoms with van der Waals surface area (Å²) in [6.07, 6.45) is 1.06. The Labute approximate surface area is 112 Å². The van der Waals surface area contributed by atoms with Crippen LogP contribution in [0.4, 0.5) is 10.1 Å². The third-order valence-electron chi connectivity index (χ3n) is 2.93. The zero-order chi connectivity index (χ0) is 14.9. The Hall–Kier alpha value is -2.77. The highest BCUT2D eigenvalue weighted by atomic mass is 19.1. The lowest BCUT2D eigenvalue weighted by Gasteiger charge is -2.15. The number of benzene rings is 1. The number of rotatable bonds is 4. The minimum absolute atomic E-state index is 0.119. The largest absolute Gasteiger partial charge is 0.476 e. The van der Waals surface area contributed by atoms with E-state index >= 15 is 0 Å². The molecule has 104 valence electrons. The van der Waals surface area contributed by atoms with Gasteiger partial charge in [0, 0.05) is 12.1 Å². The van der Waals surface area contributed by atoms with Gasteiger partial charge in [-0.2, -0.15) is 4.39 Å². The molecule has 0 aliphatic heterocycles. The maximum absolute atomic E-state index is 13.3. The molecule has 0 aliphatic rings. The average Bonchev–Trinajstić information content (AvgIpc) is 2.80. The van der Waals surface area contributed by atoms with E-state index in [0.717, 1.165) is 10.9 Å². The monoisotopic (exact) mass is 279 g/mol. The second kappa shape index (κ2) is 5.08. The predicted molar refractivity (Wildman–Crippen MR) is 66.1 cm³/mol. The van der Waals surface area contributed by atoms with Crippen molar-refractivity contribution in [2.45, 2.75) is 13.0 Å². The molecule has 2 aromatic rings. The molecule has 0 unspecified atom stereocenters. The number of carbonyl (C=O) groups is 1. The van der Waals surface area contributed by atoms with Gasteiger partial charge in [0.15, 0.2) is 5.69 Å². The van der Waals surface area contributed by atoms with Crippen molar-refractivity contribution >= 4 is 11.7 Å². The van der Waals surface area contributed by atoms with Crippen molar-refractivity contribution in [3.63, 3.8) is 0 Å². The van der Waals surface area contributed by atoms with Crippen LogP contribution in [-0.2, 0) is 0 Å². The quantitative estimate of drug-likeness (QED) is 0.683. The highest BCUT2D eigenvalue weighted by molar-refractivity contribution is 5.85. The number of hydrogen-bond acceptors (Lipinski definition) is 4. The van der Waals surface area contributed by atoms with E-state index in [-0.39, 0.29) is 5.69 Å². The average molecular weight is 279 g/mol. The van der Waals surface area contributed by atoms with E-state index in [2.05, 4.69) is 4.98 Å². The number of carboxylic acids is 1. The highest BCUT2D eigenvalue weighted by Crippen LogP contribution is 2.24. The van der Waals surface area contributed by atoms with E-state index in [1.165, 1.54) is 18.2 Å². The Balaban J connectivity index is 2.46. The molecule has 0 aliphatic carbocycles. The van der Waals surface area contributed by atoms with E-state index in [9.17, 15) is 19.3 Å². The maximum Gasteiger partial charge on any atom is 0.357 e. The van der Waals surface area contributed by atoms with Gasteiger partial charge in [0.25, 0.3) is 5.69 Å². The Morgan fingerprint density at radius 2 is 2.25 bits per heavy atom. The smallest absolute Gasteiger partial charge is 0.357 e. The van der Waals surface area contributed by atoms with E-state index < -0.39 is 28.6 Å². The molecule has 0 fully saturated rings. The van der Waals surface area contributed by atoms with Gasteiger partial charge >= 0.3 is 5.97 Å². The Bertz CT molecular complexity index is 683. The number of hydrogen-bond donors (Lipinski definition) is 1. The summed E-state index contributed by atoms with van der Waals surface area (Å²) in [4.78, 5) is 24.5. The second-order valence-electron chi connectivity index (χ2n) is 4.12. The second-order valence-corrected chi connectivity index (χ2v) is 4.12. The predicted octanol–water partition coefficient (Wildman–Crippen LogP) is 2.24. The molecule has 20 heavy (non-hydrogen) atoms. The SMILES string of the molecule is C[C@H](c1cccc([N+](=O)[O-])c1)n1cnc(F)c1C(=O)O. The summed E-state index contributed by atoms with van der Waals surface area (Å²) in [6, 6.07) is 5.12. The molecule has 1 heterocycles. The molecule has 0 saturated heterocycles. The number of nitro benzene ring substituents is 1. The first kappa shape index (κ1) is 13.7. The summed E-state index contributed by atoms with van der Waals surface area (Å²) in [7, 11) is 0. The first-order chi connectivity index (χ1) is 9.41. The lowest BCUT2D eigenvalue weighted by Crippen LogP contribution is -2.14. The van der Waals surface area contributed by atoms with Gasteiger partial charge < -0.3 is 9.67 Å². The molecular formula is C12H10FN3O4. The zero-order valence-electron chi connectivity index (χ0n) is 10.4. The van der Waals surface area contributed by atoms with Crippen molar-refractivity contribution in [3.05, 3.63) is 57.9 Å². The molecule has 0 radical (unpaired) electrons. The number of carboxylic acid groups (broad SMARTS) is 1. The number of aromatic carboxylic acids is 1. The van der Waals surface area contributed by atoms with Crippen molar-refractivity contribution in [1.82, 2.24) is 9.55 Å². The number of halogens is 1. The van der Waals surface area contributed by atoms with Crippen LogP contribution >= 0.6 is 0 Å². The van der Waals surface area contributed by atoms with Crippen LogP contribution < -0.4 is 0 Å². The third-order valence-corrected chi connectivity index (χ3v) is 2.93. The molecule has 2 rings (SSSR count). The molecule has 7 nitrogen and oxygen atoms in total. The highest BCUT2D eigenvalue weighted by Gasteiger charge is 2.22. The third kappa shape index (κ3) is 2.35. The lowest BCUT2D eigenvalue weighted by molar-refractivity contribution is -0.384. The van der Waals surface area contributed by atoms with Gasteiger partial charge in [-0.25, -0.2) is 9.78 Å². The zero-order valence-corrected chi connectivity index (χ0v) is 10.4. The Morgan fingerprint density at radius 1 is 1.55 bits per heavy atom. The summed E-state index contributed by atoms with van der Waals surface area (Å²) >= 11 is 0. The number of nitrogens with zero attached hydrogens (tertiary/aromatic N) is 3. The van der Waals surface area contributed by atoms with Crippen LogP contribution in [0.1, 0.15) is 29.0 Å². The van der Waals surface area contributed by atoms with Crippen LogP contribution in [0.3, 0.4) is 0 Å². The lowest BCUT2D eigenvalue weighted by atomic mass is 10.1. The molecule has 1 atom stereocenters. The topological polar surface area (TPSA) is 98.3 Å². The standard InChI is InChI=1S/C12H10FN3O4/c1-7(8-3-2-4-9(5-8)16(19)20)15-6-14-11(13)10(15)12(17)18/h2-7H,1H3,(H,17,18)/t7-/m1/s1. The van der Waals surface area contributed by atoms with Crippen LogP contribution in [0.25, 0.3) is 0 Å². The summed E-state index contributed by atoms with van der Waals surface area (Å²) in [6.45, 7) is 1.60. The Kier molecular flexibility index (Phi) is 3.47. The molecule has 0 saturated carbocycles. The number of imidazole rings is 1. The molecular weight excluding hydrogens is 269 g/mol. The molecule has 8 heteroatoms. The van der Waals surface area contributed by atoms with Gasteiger partial charge in [-0.1, -0.05) is 12.1 Å². The molecule has 1 N–H and O–H groups in total. The van der Waals surface area contributed by atoms with E-state index in [0.29, 0.717) is 5.56 Å². The summed E-state index contributed by atoms with van der Waals surface area (Å²) < 4.78 is 14.4. The first-order valence-electron chi connectivity index (χ1n) is 5.61. The minimum Gasteiger partial charge on any atom is -0.476 e. The molecule has 0 bridgehead atoms. The summed E-state index contributed by atoms with van der Waals surface area (Å²) in [5, 5.41) is 19.7. The van der Waals surface area contributed by atoms with Crippen LogP contribution in [0.5, 0.6) is 0 Å². The maximum atomic E-state index is 13.3. The summed E-state index contributed by atoms with van der Waals surface area (Å²) in [5.41, 5.74) is -0.213. The molecule has 1 aromatic carbocycles. The van der Waals surface area contributed by atoms with Crippen LogP contribution in [0.2, 0.25) is 0 Å². The van der Waals surface area contributed by atoms with Gasteiger partial charge in [0.2, 0.25) is 5.95 Å². The number of nitro groups is 1. The van der Waals surface area contributed by atoms with Crippen molar-refractivity contribution < 1.29 is 19.2 Å². The number of non-ortho nitro benzene ring substituents is 1. The van der Waals surface area contributed by atoms with Gasteiger partial charge in [-0.15, -0.1) is 0 Å². The molecule has 1 aromatic heterocycles. The van der Waals surface area contributed by atoms with Crippen molar-refractivity contribution in [2.75, 3.05) is 0 Å². The van der Waals surface area contributed by atoms with Gasteiger partial charge in [-0.05, 0) is 12.5 Å². The van der Waals surface area contributed by atoms with Crippen LogP contribution in [0, 0.1) is 16.1 Å². The van der Waals surface area contributed by atoms with Crippen LogP contribution in [-0.4, -0.2) is 25.6 Å². The minimum atomic E-state index is -1.45. The van der Waals surface area contributed by atoms with E-state index in [1.807, 2.05) is 0 Å². The van der Waals surface area contributed by atoms with Crippen molar-refractivity contribution in [2.24, 2.45) is 0 Å². The normalized spacial score (nSPS) is 12.1. The van der Waals surface area contributed by atoms with Crippen LogP contribution in [0.15, 0.2) is 30.6 Å². The van der Waals surface area contributed by atoms with Gasteiger partial charge in [0.05, 0.1) is 17.3 Å². The van der Waals surface area contributed by atoms with Crippen molar-refractivity contribution in [1.29, 1.82) is 0 Å². The fourth-order valence-electron chi connectivity index (χ4n) is 1.89. The first-order valence-corrected chi connectivity index (χ1v) is 5.61. The molecule has 0 spiro atoms. The Morgan fingerprint density at radius 3 is 2.85 bits per heavy atom. The van der Waals surface area contributed by atoms with Crippen molar-refractivity contribution in [3.8, 4) is 0 Å². The van der Waals surface area contributed by atoms with E-state index in [1.54, 1.807) is 13.0 Å². The fraction of sp³-hybridized carbons (Fsp3) is 0.167. The van der Waals surface area contributed by atoms with E-state index in [4.69, 9.17) is 5.11 Å². The molecule has 0 amide bonds. The van der Waals surface area contributed by atoms with Gasteiger partial charge in [-0.3, -0.25) is 10.1 Å². The summed E-state index contributed by atoms with van der Waals surface area (Å²) in [5.74, 6) is -2.54.